The fourth-order valence-corrected chi connectivity index (χ4v) is 5.94. The number of fused-ring (bicyclic) bond motifs is 2. The lowest BCUT2D eigenvalue weighted by Gasteiger charge is -2.36. The van der Waals surface area contributed by atoms with Gasteiger partial charge in [0.05, 0.1) is 25.6 Å². The van der Waals surface area contributed by atoms with Gasteiger partial charge in [0.2, 0.25) is 0 Å². The highest BCUT2D eigenvalue weighted by Crippen LogP contribution is 2.49. The van der Waals surface area contributed by atoms with Crippen LogP contribution in [0.5, 0.6) is 11.5 Å². The highest BCUT2D eigenvalue weighted by molar-refractivity contribution is 7.99. The van der Waals surface area contributed by atoms with Crippen molar-refractivity contribution >= 4 is 29.2 Å². The van der Waals surface area contributed by atoms with Crippen LogP contribution in [0.1, 0.15) is 16.4 Å². The zero-order valence-electron chi connectivity index (χ0n) is 19.2. The number of aliphatic imine (C=N–C) groups is 1. The summed E-state index contributed by atoms with van der Waals surface area (Å²) in [5, 5.41) is 0.264. The molecule has 5 heteroatoms. The molecule has 2 aliphatic rings. The normalized spacial score (nSPS) is 21.5. The molecule has 0 bridgehead atoms. The van der Waals surface area contributed by atoms with Gasteiger partial charge in [-0.1, -0.05) is 36.4 Å². The Kier molecular flexibility index (Phi) is 6.25. The van der Waals surface area contributed by atoms with Gasteiger partial charge in [-0.05, 0) is 66.2 Å². The summed E-state index contributed by atoms with van der Waals surface area (Å²) < 4.78 is 10.7. The van der Waals surface area contributed by atoms with Crippen LogP contribution >= 0.6 is 11.8 Å². The van der Waals surface area contributed by atoms with Crippen molar-refractivity contribution < 1.29 is 9.47 Å². The standard InChI is InChI=1S/C28H28N2O2S/c1-30-17-21(16-19-8-12-22(31-2)13-9-19)27-24(18-30)28(20-10-14-23(32-3)15-11-20)33-26-7-5-4-6-25(26)29-27/h4-16,24,28H,17-18H2,1-3H3/b21-16-/t24-,28+/m1/s1. The minimum atomic E-state index is 0.264. The Balaban J connectivity index is 1.61. The monoisotopic (exact) mass is 456 g/mol. The van der Waals surface area contributed by atoms with Gasteiger partial charge in [0.15, 0.2) is 0 Å². The number of methoxy groups -OCH3 is 2. The average Bonchev–Trinajstić information content (AvgIpc) is 3.02. The Labute approximate surface area is 199 Å². The second-order valence-corrected chi connectivity index (χ2v) is 9.71. The van der Waals surface area contributed by atoms with Gasteiger partial charge in [-0.3, -0.25) is 4.99 Å². The van der Waals surface area contributed by atoms with Crippen molar-refractivity contribution in [2.24, 2.45) is 10.9 Å². The van der Waals surface area contributed by atoms with Crippen molar-refractivity contribution in [1.82, 2.24) is 4.90 Å². The molecule has 0 N–H and O–H groups in total. The van der Waals surface area contributed by atoms with Crippen molar-refractivity contribution in [2.75, 3.05) is 34.4 Å². The smallest absolute Gasteiger partial charge is 0.118 e. The molecule has 1 saturated heterocycles. The molecule has 3 aromatic carbocycles. The quantitative estimate of drug-likeness (QED) is 0.463. The zero-order chi connectivity index (χ0) is 22.8. The molecule has 33 heavy (non-hydrogen) atoms. The van der Waals surface area contributed by atoms with Gasteiger partial charge < -0.3 is 14.4 Å². The predicted molar refractivity (Wildman–Crippen MR) is 137 cm³/mol. The second-order valence-electron chi connectivity index (χ2n) is 8.52. The molecule has 5 rings (SSSR count). The highest BCUT2D eigenvalue weighted by Gasteiger charge is 2.37. The van der Waals surface area contributed by atoms with E-state index >= 15 is 0 Å². The summed E-state index contributed by atoms with van der Waals surface area (Å²) >= 11 is 1.92. The Bertz CT molecular complexity index is 1190. The van der Waals surface area contributed by atoms with Crippen LogP contribution in [0, 0.1) is 5.92 Å². The number of hydrogen-bond acceptors (Lipinski definition) is 5. The molecule has 2 atom stereocenters. The number of likely N-dealkylation sites (tertiary alicyclic amines) is 1. The lowest BCUT2D eigenvalue weighted by atomic mass is 9.85. The van der Waals surface area contributed by atoms with Crippen LogP contribution in [0.25, 0.3) is 6.08 Å². The summed E-state index contributed by atoms with van der Waals surface area (Å²) in [5.74, 6) is 2.03. The number of ether oxygens (including phenoxy) is 2. The molecule has 0 aromatic heterocycles. The van der Waals surface area contributed by atoms with E-state index in [1.165, 1.54) is 21.7 Å². The SMILES string of the molecule is COc1ccc(/C=C2/CN(C)C[C@@H]3C2=Nc2ccccc2S[C@H]3c2ccc(OC)cc2)cc1. The number of piperidine rings is 1. The first-order valence-electron chi connectivity index (χ1n) is 11.2. The molecule has 0 amide bonds. The number of nitrogens with zero attached hydrogens (tertiary/aromatic N) is 2. The summed E-state index contributed by atoms with van der Waals surface area (Å²) in [5.41, 5.74) is 5.99. The maximum atomic E-state index is 5.40. The third-order valence-electron chi connectivity index (χ3n) is 6.26. The lowest BCUT2D eigenvalue weighted by Crippen LogP contribution is -2.42. The van der Waals surface area contributed by atoms with Crippen molar-refractivity contribution in [2.45, 2.75) is 10.1 Å². The summed E-state index contributed by atoms with van der Waals surface area (Å²) in [7, 11) is 5.61. The lowest BCUT2D eigenvalue weighted by molar-refractivity contribution is 0.315. The predicted octanol–water partition coefficient (Wildman–Crippen LogP) is 6.27. The van der Waals surface area contributed by atoms with E-state index in [1.54, 1.807) is 14.2 Å². The minimum absolute atomic E-state index is 0.264. The van der Waals surface area contributed by atoms with E-state index in [2.05, 4.69) is 78.7 Å². The van der Waals surface area contributed by atoms with Gasteiger partial charge in [-0.2, -0.15) is 0 Å². The second kappa shape index (κ2) is 9.46. The third kappa shape index (κ3) is 4.56. The first-order valence-corrected chi connectivity index (χ1v) is 12.0. The Morgan fingerprint density at radius 1 is 0.909 bits per heavy atom. The van der Waals surface area contributed by atoms with Gasteiger partial charge in [0.25, 0.3) is 0 Å². The molecule has 4 nitrogen and oxygen atoms in total. The fraction of sp³-hybridized carbons (Fsp3) is 0.250. The number of thioether (sulfide) groups is 1. The minimum Gasteiger partial charge on any atom is -0.497 e. The number of likely N-dealkylation sites (N-methyl/N-ethyl adjacent to an activating group) is 1. The summed E-state index contributed by atoms with van der Waals surface area (Å²) in [6.07, 6.45) is 2.28. The molecule has 0 radical (unpaired) electrons. The number of para-hydroxylation sites is 1. The van der Waals surface area contributed by atoms with E-state index in [4.69, 9.17) is 14.5 Å². The highest BCUT2D eigenvalue weighted by atomic mass is 32.2. The van der Waals surface area contributed by atoms with Gasteiger partial charge in [0, 0.05) is 29.2 Å². The summed E-state index contributed by atoms with van der Waals surface area (Å²) in [4.78, 5) is 8.91. The number of rotatable bonds is 4. The van der Waals surface area contributed by atoms with Crippen LogP contribution in [-0.2, 0) is 0 Å². The van der Waals surface area contributed by atoms with Gasteiger partial charge in [-0.15, -0.1) is 11.8 Å². The van der Waals surface area contributed by atoms with Crippen LogP contribution in [0.4, 0.5) is 5.69 Å². The van der Waals surface area contributed by atoms with Crippen molar-refractivity contribution in [3.05, 3.63) is 89.5 Å². The molecule has 0 spiro atoms. The Morgan fingerprint density at radius 2 is 1.58 bits per heavy atom. The van der Waals surface area contributed by atoms with Crippen molar-refractivity contribution in [1.29, 1.82) is 0 Å². The molecule has 2 heterocycles. The Morgan fingerprint density at radius 3 is 2.27 bits per heavy atom. The van der Waals surface area contributed by atoms with Crippen LogP contribution in [0.2, 0.25) is 0 Å². The molecule has 3 aromatic rings. The van der Waals surface area contributed by atoms with Gasteiger partial charge in [-0.25, -0.2) is 0 Å². The zero-order valence-corrected chi connectivity index (χ0v) is 20.0. The molecule has 0 aliphatic carbocycles. The van der Waals surface area contributed by atoms with Gasteiger partial charge in [0.1, 0.15) is 11.5 Å². The molecule has 2 aliphatic heterocycles. The maximum Gasteiger partial charge on any atom is 0.118 e. The third-order valence-corrected chi connectivity index (χ3v) is 7.71. The number of benzene rings is 3. The van der Waals surface area contributed by atoms with Crippen LogP contribution in [0.15, 0.2) is 88.3 Å². The first-order chi connectivity index (χ1) is 16.1. The fourth-order valence-electron chi connectivity index (χ4n) is 4.60. The van der Waals surface area contributed by atoms with E-state index in [9.17, 15) is 0 Å². The molecular formula is C28H28N2O2S. The first kappa shape index (κ1) is 21.8. The van der Waals surface area contributed by atoms with E-state index in [0.717, 1.165) is 35.8 Å². The topological polar surface area (TPSA) is 34.1 Å². The van der Waals surface area contributed by atoms with E-state index in [1.807, 2.05) is 23.9 Å². The van der Waals surface area contributed by atoms with E-state index < -0.39 is 0 Å². The van der Waals surface area contributed by atoms with E-state index in [0.29, 0.717) is 0 Å². The van der Waals surface area contributed by atoms with Crippen LogP contribution in [-0.4, -0.2) is 45.0 Å². The van der Waals surface area contributed by atoms with Crippen LogP contribution < -0.4 is 9.47 Å². The molecule has 1 fully saturated rings. The summed E-state index contributed by atoms with van der Waals surface area (Å²) in [6.45, 7) is 1.85. The maximum absolute atomic E-state index is 5.40. The molecule has 0 unspecified atom stereocenters. The van der Waals surface area contributed by atoms with Gasteiger partial charge >= 0.3 is 0 Å². The van der Waals surface area contributed by atoms with Crippen molar-refractivity contribution in [3.63, 3.8) is 0 Å². The van der Waals surface area contributed by atoms with E-state index in [-0.39, 0.29) is 11.2 Å². The van der Waals surface area contributed by atoms with Crippen LogP contribution in [0.3, 0.4) is 0 Å². The molecule has 0 saturated carbocycles. The largest absolute Gasteiger partial charge is 0.497 e. The number of hydrogen-bond donors (Lipinski definition) is 0. The molecule has 168 valence electrons. The average molecular weight is 457 g/mol. The molecular weight excluding hydrogens is 428 g/mol. The summed E-state index contributed by atoms with van der Waals surface area (Å²) in [6, 6.07) is 25.3. The van der Waals surface area contributed by atoms with Crippen molar-refractivity contribution in [3.8, 4) is 11.5 Å². The Hall–Kier alpha value is -3.02.